The Morgan fingerprint density at radius 1 is 1.37 bits per heavy atom. The van der Waals surface area contributed by atoms with E-state index < -0.39 is 14.9 Å². The van der Waals surface area contributed by atoms with Crippen molar-refractivity contribution in [2.45, 2.75) is 17.9 Å². The highest BCUT2D eigenvalue weighted by atomic mass is 32.2. The van der Waals surface area contributed by atoms with E-state index in [9.17, 15) is 18.5 Å². The van der Waals surface area contributed by atoms with Crippen molar-refractivity contribution in [1.82, 2.24) is 10.0 Å². The minimum atomic E-state index is -3.62. The van der Waals surface area contributed by atoms with Gasteiger partial charge in [0.15, 0.2) is 0 Å². The summed E-state index contributed by atoms with van der Waals surface area (Å²) in [6.45, 7) is 3.41. The van der Waals surface area contributed by atoms with Crippen LogP contribution in [0.15, 0.2) is 29.2 Å². The van der Waals surface area contributed by atoms with E-state index in [1.807, 2.05) is 6.92 Å². The lowest BCUT2D eigenvalue weighted by molar-refractivity contribution is -0.384. The van der Waals surface area contributed by atoms with E-state index in [4.69, 9.17) is 0 Å². The Kier molecular flexibility index (Phi) is 3.83. The highest BCUT2D eigenvalue weighted by molar-refractivity contribution is 7.89. The van der Waals surface area contributed by atoms with Crippen molar-refractivity contribution in [3.8, 4) is 0 Å². The molecule has 0 unspecified atom stereocenters. The Balaban J connectivity index is 2.12. The van der Waals surface area contributed by atoms with Gasteiger partial charge in [-0.25, -0.2) is 13.1 Å². The zero-order valence-corrected chi connectivity index (χ0v) is 11.2. The number of hydrogen-bond donors (Lipinski definition) is 2. The molecule has 1 aliphatic heterocycles. The molecule has 2 rings (SSSR count). The van der Waals surface area contributed by atoms with Crippen molar-refractivity contribution in [3.63, 3.8) is 0 Å². The van der Waals surface area contributed by atoms with Crippen molar-refractivity contribution in [2.75, 3.05) is 13.1 Å². The molecule has 1 aliphatic rings. The first-order valence-corrected chi connectivity index (χ1v) is 7.36. The van der Waals surface area contributed by atoms with E-state index in [2.05, 4.69) is 10.0 Å². The minimum absolute atomic E-state index is 0.0391. The fraction of sp³-hybridized carbons (Fsp3) is 0.455. The first-order chi connectivity index (χ1) is 8.90. The summed E-state index contributed by atoms with van der Waals surface area (Å²) in [6, 6.07) is 4.69. The van der Waals surface area contributed by atoms with E-state index >= 15 is 0 Å². The molecule has 2 N–H and O–H groups in total. The van der Waals surface area contributed by atoms with Crippen molar-refractivity contribution in [2.24, 2.45) is 5.92 Å². The van der Waals surface area contributed by atoms with Gasteiger partial charge in [0.1, 0.15) is 0 Å². The smallest absolute Gasteiger partial charge is 0.269 e. The fourth-order valence-corrected chi connectivity index (χ4v) is 3.13. The van der Waals surface area contributed by atoms with Crippen molar-refractivity contribution < 1.29 is 13.3 Å². The minimum Gasteiger partial charge on any atom is -0.316 e. The third-order valence-corrected chi connectivity index (χ3v) is 4.79. The largest absolute Gasteiger partial charge is 0.316 e. The second-order valence-electron chi connectivity index (χ2n) is 4.58. The summed E-state index contributed by atoms with van der Waals surface area (Å²) in [6.07, 6.45) is 0. The highest BCUT2D eigenvalue weighted by Gasteiger charge is 2.27. The molecule has 104 valence electrons. The zero-order chi connectivity index (χ0) is 14.0. The summed E-state index contributed by atoms with van der Waals surface area (Å²) >= 11 is 0. The lowest BCUT2D eigenvalue weighted by Gasteiger charge is -2.32. The Morgan fingerprint density at radius 3 is 2.37 bits per heavy atom. The molecule has 1 fully saturated rings. The van der Waals surface area contributed by atoms with Crippen LogP contribution in [0.2, 0.25) is 0 Å². The van der Waals surface area contributed by atoms with Gasteiger partial charge in [-0.2, -0.15) is 0 Å². The predicted molar refractivity (Wildman–Crippen MR) is 69.2 cm³/mol. The lowest BCUT2D eigenvalue weighted by Crippen LogP contribution is -2.53. The number of rotatable bonds is 5. The second-order valence-corrected chi connectivity index (χ2v) is 6.29. The Hall–Kier alpha value is -1.51. The molecule has 0 bridgehead atoms. The molecular weight excluding hydrogens is 270 g/mol. The van der Waals surface area contributed by atoms with E-state index in [1.54, 1.807) is 0 Å². The molecule has 0 radical (unpaired) electrons. The Labute approximate surface area is 111 Å². The van der Waals surface area contributed by atoms with Gasteiger partial charge in [-0.3, -0.25) is 10.1 Å². The maximum absolute atomic E-state index is 12.1. The van der Waals surface area contributed by atoms with Crippen LogP contribution in [0, 0.1) is 16.0 Å². The number of hydrogen-bond acceptors (Lipinski definition) is 5. The van der Waals surface area contributed by atoms with E-state index in [-0.39, 0.29) is 22.5 Å². The van der Waals surface area contributed by atoms with Crippen LogP contribution in [0.4, 0.5) is 5.69 Å². The molecule has 1 aromatic carbocycles. The molecule has 0 spiro atoms. The van der Waals surface area contributed by atoms with Crippen LogP contribution >= 0.6 is 0 Å². The van der Waals surface area contributed by atoms with Crippen molar-refractivity contribution >= 4 is 15.7 Å². The summed E-state index contributed by atoms with van der Waals surface area (Å²) in [5, 5.41) is 13.6. The van der Waals surface area contributed by atoms with E-state index in [0.29, 0.717) is 0 Å². The maximum atomic E-state index is 12.1. The molecule has 19 heavy (non-hydrogen) atoms. The summed E-state index contributed by atoms with van der Waals surface area (Å²) in [5.74, 6) is 0.285. The number of nitrogens with zero attached hydrogens (tertiary/aromatic N) is 1. The van der Waals surface area contributed by atoms with Gasteiger partial charge in [0, 0.05) is 31.3 Å². The van der Waals surface area contributed by atoms with E-state index in [1.165, 1.54) is 24.3 Å². The SMILES string of the molecule is C[C@H](NS(=O)(=O)c1ccc([N+](=O)[O-])cc1)C1CNC1. The average Bonchev–Trinajstić information content (AvgIpc) is 2.25. The first kappa shape index (κ1) is 13.9. The first-order valence-electron chi connectivity index (χ1n) is 5.87. The number of benzene rings is 1. The number of nitro groups is 1. The number of nitrogens with one attached hydrogen (secondary N) is 2. The van der Waals surface area contributed by atoms with Gasteiger partial charge in [-0.05, 0) is 25.0 Å². The van der Waals surface area contributed by atoms with Crippen LogP contribution in [0.1, 0.15) is 6.92 Å². The van der Waals surface area contributed by atoms with Crippen molar-refractivity contribution in [1.29, 1.82) is 0 Å². The van der Waals surface area contributed by atoms with Gasteiger partial charge in [-0.15, -0.1) is 0 Å². The Morgan fingerprint density at radius 2 is 1.95 bits per heavy atom. The molecule has 0 aliphatic carbocycles. The zero-order valence-electron chi connectivity index (χ0n) is 10.4. The average molecular weight is 285 g/mol. The molecule has 1 aromatic rings. The molecule has 1 atom stereocenters. The highest BCUT2D eigenvalue weighted by Crippen LogP contribution is 2.17. The monoisotopic (exact) mass is 285 g/mol. The molecule has 0 amide bonds. The van der Waals surface area contributed by atoms with Gasteiger partial charge in [0.05, 0.1) is 9.82 Å². The van der Waals surface area contributed by atoms with Crippen LogP contribution in [-0.4, -0.2) is 32.5 Å². The molecule has 0 aromatic heterocycles. The predicted octanol–water partition coefficient (Wildman–Crippen LogP) is 0.481. The summed E-state index contributed by atoms with van der Waals surface area (Å²) in [7, 11) is -3.62. The van der Waals surface area contributed by atoms with Gasteiger partial charge in [0.25, 0.3) is 5.69 Å². The normalized spacial score (nSPS) is 17.7. The van der Waals surface area contributed by atoms with Gasteiger partial charge in [-0.1, -0.05) is 0 Å². The van der Waals surface area contributed by atoms with Crippen LogP contribution < -0.4 is 10.0 Å². The Bertz CT molecular complexity index is 566. The topological polar surface area (TPSA) is 101 Å². The molecular formula is C11H15N3O4S. The van der Waals surface area contributed by atoms with Gasteiger partial charge in [0.2, 0.25) is 10.0 Å². The standard InChI is InChI=1S/C11H15N3O4S/c1-8(9-6-12-7-9)13-19(17,18)11-4-2-10(3-5-11)14(15)16/h2-5,8-9,12-13H,6-7H2,1H3/t8-/m0/s1. The number of non-ortho nitro benzene ring substituents is 1. The third kappa shape index (κ3) is 3.09. The maximum Gasteiger partial charge on any atom is 0.269 e. The fourth-order valence-electron chi connectivity index (χ4n) is 1.82. The summed E-state index contributed by atoms with van der Waals surface area (Å²) < 4.78 is 26.7. The van der Waals surface area contributed by atoms with Crippen molar-refractivity contribution in [3.05, 3.63) is 34.4 Å². The molecule has 8 heteroatoms. The molecule has 7 nitrogen and oxygen atoms in total. The quantitative estimate of drug-likeness (QED) is 0.605. The number of nitro benzene ring substituents is 1. The van der Waals surface area contributed by atoms with Crippen LogP contribution in [-0.2, 0) is 10.0 Å². The lowest BCUT2D eigenvalue weighted by atomic mass is 9.96. The summed E-state index contributed by atoms with van der Waals surface area (Å²) in [4.78, 5) is 9.99. The van der Waals surface area contributed by atoms with Crippen LogP contribution in [0.5, 0.6) is 0 Å². The van der Waals surface area contributed by atoms with Crippen LogP contribution in [0.25, 0.3) is 0 Å². The summed E-state index contributed by atoms with van der Waals surface area (Å²) in [5.41, 5.74) is -0.129. The molecule has 0 saturated carbocycles. The number of sulfonamides is 1. The third-order valence-electron chi connectivity index (χ3n) is 3.22. The van der Waals surface area contributed by atoms with Gasteiger partial charge >= 0.3 is 0 Å². The molecule has 1 saturated heterocycles. The van der Waals surface area contributed by atoms with Gasteiger partial charge < -0.3 is 5.32 Å². The second kappa shape index (κ2) is 5.24. The van der Waals surface area contributed by atoms with Crippen LogP contribution in [0.3, 0.4) is 0 Å². The molecule has 1 heterocycles. The van der Waals surface area contributed by atoms with E-state index in [0.717, 1.165) is 13.1 Å².